The Morgan fingerprint density at radius 1 is 0.769 bits per heavy atom. The minimum Gasteiger partial charge on any atom is -0.378 e. The van der Waals surface area contributed by atoms with Gasteiger partial charge in [-0.15, -0.1) is 10.2 Å². The van der Waals surface area contributed by atoms with Crippen LogP contribution in [0.25, 0.3) is 11.4 Å². The number of hydrogen-bond donors (Lipinski definition) is 1. The van der Waals surface area contributed by atoms with Crippen LogP contribution < -0.4 is 15.1 Å². The molecule has 11 nitrogen and oxygen atoms in total. The van der Waals surface area contributed by atoms with Crippen molar-refractivity contribution < 1.29 is 9.47 Å². The molecule has 202 valence electrons. The quantitative estimate of drug-likeness (QED) is 0.329. The van der Waals surface area contributed by atoms with E-state index in [-0.39, 0.29) is 0 Å². The molecule has 2 aliphatic heterocycles. The van der Waals surface area contributed by atoms with Gasteiger partial charge in [0.25, 0.3) is 0 Å². The maximum atomic E-state index is 5.52. The summed E-state index contributed by atoms with van der Waals surface area (Å²) in [5, 5.41) is 13.1. The molecule has 0 atom stereocenters. The van der Waals surface area contributed by atoms with Crippen molar-refractivity contribution in [2.45, 2.75) is 10.9 Å². The molecule has 2 saturated heterocycles. The summed E-state index contributed by atoms with van der Waals surface area (Å²) < 4.78 is 13.1. The molecule has 12 heteroatoms. The summed E-state index contributed by atoms with van der Waals surface area (Å²) in [5.41, 5.74) is 3.13. The standard InChI is InChI=1S/C27H31N9O2S/c1-34-23(32-33-27(34)39-19-20-5-3-2-4-6-20)21-7-9-22(10-8-21)28-24-29-25(35-11-15-37-16-12-35)31-26(30-24)36-13-17-38-18-14-36/h2-10H,11-19H2,1H3,(H,28,29,30,31). The largest absolute Gasteiger partial charge is 0.378 e. The van der Waals surface area contributed by atoms with Crippen molar-refractivity contribution in [3.63, 3.8) is 0 Å². The lowest BCUT2D eigenvalue weighted by Gasteiger charge is -2.30. The molecule has 0 spiro atoms. The molecule has 1 N–H and O–H groups in total. The number of morpholine rings is 2. The predicted octanol–water partition coefficient (Wildman–Crippen LogP) is 3.38. The van der Waals surface area contributed by atoms with Gasteiger partial charge < -0.3 is 29.2 Å². The molecule has 2 aromatic heterocycles. The van der Waals surface area contributed by atoms with E-state index < -0.39 is 0 Å². The van der Waals surface area contributed by atoms with Crippen LogP contribution in [0.15, 0.2) is 59.8 Å². The molecule has 4 heterocycles. The lowest BCUT2D eigenvalue weighted by atomic mass is 10.2. The van der Waals surface area contributed by atoms with Crippen LogP contribution in [-0.2, 0) is 22.3 Å². The van der Waals surface area contributed by atoms with Crippen molar-refractivity contribution in [1.82, 2.24) is 29.7 Å². The molecular formula is C27H31N9O2S. The zero-order valence-corrected chi connectivity index (χ0v) is 22.7. The highest BCUT2D eigenvalue weighted by Gasteiger charge is 2.21. The Balaban J connectivity index is 1.18. The third-order valence-electron chi connectivity index (χ3n) is 6.64. The van der Waals surface area contributed by atoms with Crippen LogP contribution in [0, 0.1) is 0 Å². The van der Waals surface area contributed by atoms with Crippen molar-refractivity contribution in [3.05, 3.63) is 60.2 Å². The fourth-order valence-corrected chi connectivity index (χ4v) is 5.33. The lowest BCUT2D eigenvalue weighted by Crippen LogP contribution is -2.40. The second-order valence-corrected chi connectivity index (χ2v) is 10.2. The first-order valence-corrected chi connectivity index (χ1v) is 14.1. The van der Waals surface area contributed by atoms with E-state index in [0.717, 1.165) is 54.2 Å². The number of rotatable bonds is 8. The van der Waals surface area contributed by atoms with Crippen molar-refractivity contribution in [1.29, 1.82) is 0 Å². The Bertz CT molecular complexity index is 1340. The van der Waals surface area contributed by atoms with Crippen LogP contribution in [0.4, 0.5) is 23.5 Å². The van der Waals surface area contributed by atoms with Crippen LogP contribution >= 0.6 is 11.8 Å². The van der Waals surface area contributed by atoms with Crippen LogP contribution in [-0.4, -0.2) is 82.3 Å². The van der Waals surface area contributed by atoms with E-state index in [1.165, 1.54) is 5.56 Å². The summed E-state index contributed by atoms with van der Waals surface area (Å²) in [7, 11) is 2.00. The molecule has 6 rings (SSSR count). The van der Waals surface area contributed by atoms with Gasteiger partial charge in [0.1, 0.15) is 0 Å². The highest BCUT2D eigenvalue weighted by molar-refractivity contribution is 7.98. The van der Waals surface area contributed by atoms with Crippen molar-refractivity contribution >= 4 is 35.3 Å². The number of anilines is 4. The number of nitrogens with zero attached hydrogens (tertiary/aromatic N) is 8. The van der Waals surface area contributed by atoms with Gasteiger partial charge in [0, 0.05) is 50.2 Å². The molecule has 0 bridgehead atoms. The Morgan fingerprint density at radius 3 is 2.00 bits per heavy atom. The van der Waals surface area contributed by atoms with Crippen molar-refractivity contribution in [3.8, 4) is 11.4 Å². The molecular weight excluding hydrogens is 514 g/mol. The minimum absolute atomic E-state index is 0.513. The molecule has 0 amide bonds. The van der Waals surface area contributed by atoms with Crippen molar-refractivity contribution in [2.24, 2.45) is 7.05 Å². The van der Waals surface area contributed by atoms with E-state index in [4.69, 9.17) is 24.4 Å². The zero-order valence-electron chi connectivity index (χ0n) is 21.9. The second kappa shape index (κ2) is 12.0. The first-order chi connectivity index (χ1) is 19.2. The Hall–Kier alpha value is -3.74. The summed E-state index contributed by atoms with van der Waals surface area (Å²) in [5.74, 6) is 3.50. The summed E-state index contributed by atoms with van der Waals surface area (Å²) in [4.78, 5) is 18.5. The molecule has 2 fully saturated rings. The van der Waals surface area contributed by atoms with Gasteiger partial charge in [-0.25, -0.2) is 0 Å². The van der Waals surface area contributed by atoms with Gasteiger partial charge in [-0.1, -0.05) is 42.1 Å². The van der Waals surface area contributed by atoms with Crippen LogP contribution in [0.3, 0.4) is 0 Å². The van der Waals surface area contributed by atoms with Crippen LogP contribution in [0.1, 0.15) is 5.56 Å². The average molecular weight is 546 g/mol. The number of thioether (sulfide) groups is 1. The maximum absolute atomic E-state index is 5.52. The van der Waals surface area contributed by atoms with E-state index in [2.05, 4.69) is 49.6 Å². The first kappa shape index (κ1) is 25.5. The number of ether oxygens (including phenoxy) is 2. The monoisotopic (exact) mass is 545 g/mol. The molecule has 0 radical (unpaired) electrons. The molecule has 0 aliphatic carbocycles. The SMILES string of the molecule is Cn1c(SCc2ccccc2)nnc1-c1ccc(Nc2nc(N3CCOCC3)nc(N3CCOCC3)n2)cc1. The van der Waals surface area contributed by atoms with E-state index in [1.807, 2.05) is 41.9 Å². The first-order valence-electron chi connectivity index (χ1n) is 13.1. The molecule has 0 unspecified atom stereocenters. The normalized spacial score (nSPS) is 15.9. The fraction of sp³-hybridized carbons (Fsp3) is 0.370. The smallest absolute Gasteiger partial charge is 0.233 e. The van der Waals surface area contributed by atoms with Gasteiger partial charge >= 0.3 is 0 Å². The van der Waals surface area contributed by atoms with E-state index in [9.17, 15) is 0 Å². The van der Waals surface area contributed by atoms with Crippen LogP contribution in [0.5, 0.6) is 0 Å². The summed E-state index contributed by atoms with van der Waals surface area (Å²) in [6.45, 7) is 5.67. The number of aromatic nitrogens is 6. The van der Waals surface area contributed by atoms with E-state index >= 15 is 0 Å². The third-order valence-corrected chi connectivity index (χ3v) is 7.74. The van der Waals surface area contributed by atoms with Gasteiger partial charge in [0.05, 0.1) is 26.4 Å². The second-order valence-electron chi connectivity index (χ2n) is 9.30. The Kier molecular flexibility index (Phi) is 7.84. The molecule has 2 aliphatic rings. The van der Waals surface area contributed by atoms with Gasteiger partial charge in [-0.05, 0) is 29.8 Å². The van der Waals surface area contributed by atoms with E-state index in [0.29, 0.717) is 44.3 Å². The molecule has 0 saturated carbocycles. The predicted molar refractivity (Wildman–Crippen MR) is 152 cm³/mol. The summed E-state index contributed by atoms with van der Waals surface area (Å²) in [6, 6.07) is 18.5. The average Bonchev–Trinajstić information content (AvgIpc) is 3.37. The van der Waals surface area contributed by atoms with Gasteiger partial charge in [-0.2, -0.15) is 15.0 Å². The number of nitrogens with one attached hydrogen (secondary N) is 1. The highest BCUT2D eigenvalue weighted by Crippen LogP contribution is 2.27. The number of benzene rings is 2. The van der Waals surface area contributed by atoms with Crippen LogP contribution in [0.2, 0.25) is 0 Å². The van der Waals surface area contributed by atoms with Gasteiger partial charge in [0.2, 0.25) is 17.8 Å². The minimum atomic E-state index is 0.513. The summed E-state index contributed by atoms with van der Waals surface area (Å²) in [6.07, 6.45) is 0. The molecule has 2 aromatic carbocycles. The molecule has 39 heavy (non-hydrogen) atoms. The summed E-state index contributed by atoms with van der Waals surface area (Å²) >= 11 is 1.68. The van der Waals surface area contributed by atoms with Gasteiger partial charge in [-0.3, -0.25) is 0 Å². The zero-order chi connectivity index (χ0) is 26.4. The number of hydrogen-bond acceptors (Lipinski definition) is 11. The lowest BCUT2D eigenvalue weighted by molar-refractivity contribution is 0.121. The third kappa shape index (κ3) is 6.13. The topological polar surface area (TPSA) is 106 Å². The Labute approximate surface area is 231 Å². The van der Waals surface area contributed by atoms with Gasteiger partial charge in [0.15, 0.2) is 11.0 Å². The fourth-order valence-electron chi connectivity index (χ4n) is 4.47. The molecule has 4 aromatic rings. The Morgan fingerprint density at radius 2 is 1.38 bits per heavy atom. The highest BCUT2D eigenvalue weighted by atomic mass is 32.2. The maximum Gasteiger partial charge on any atom is 0.233 e. The van der Waals surface area contributed by atoms with Crippen molar-refractivity contribution in [2.75, 3.05) is 67.7 Å². The van der Waals surface area contributed by atoms with E-state index in [1.54, 1.807) is 11.8 Å².